The van der Waals surface area contributed by atoms with E-state index < -0.39 is 16.0 Å². The molecule has 19 heavy (non-hydrogen) atoms. The molecule has 0 aliphatic carbocycles. The molecule has 1 aromatic heterocycles. The summed E-state index contributed by atoms with van der Waals surface area (Å²) in [6.45, 7) is 5.08. The van der Waals surface area contributed by atoms with Crippen molar-refractivity contribution in [1.82, 2.24) is 4.31 Å². The van der Waals surface area contributed by atoms with Gasteiger partial charge in [0.05, 0.1) is 5.56 Å². The van der Waals surface area contributed by atoms with Crippen molar-refractivity contribution in [2.45, 2.75) is 30.9 Å². The average molecular weight is 303 g/mol. The topological polar surface area (TPSA) is 74.7 Å². The summed E-state index contributed by atoms with van der Waals surface area (Å²) in [6.07, 6.45) is 1.84. The number of aromatic carboxylic acids is 1. The molecule has 0 amide bonds. The Balaban J connectivity index is 2.28. The number of hydrogen-bond acceptors (Lipinski definition) is 4. The molecule has 1 fully saturated rings. The van der Waals surface area contributed by atoms with E-state index in [-0.39, 0.29) is 15.2 Å². The van der Waals surface area contributed by atoms with Crippen molar-refractivity contribution in [2.24, 2.45) is 5.41 Å². The maximum atomic E-state index is 12.5. The zero-order valence-electron chi connectivity index (χ0n) is 10.9. The van der Waals surface area contributed by atoms with Gasteiger partial charge < -0.3 is 5.11 Å². The van der Waals surface area contributed by atoms with E-state index >= 15 is 0 Å². The van der Waals surface area contributed by atoms with Crippen LogP contribution < -0.4 is 0 Å². The third-order valence-corrected chi connectivity index (χ3v) is 6.54. The Bertz CT molecular complexity index is 589. The standard InChI is InChI=1S/C12H17NO4S2/c1-12(2)4-3-5-13(8-12)19(16,17)10-6-9(7-18-10)11(14)15/h6-7H,3-5,8H2,1-2H3,(H,14,15). The van der Waals surface area contributed by atoms with E-state index in [0.717, 1.165) is 24.2 Å². The van der Waals surface area contributed by atoms with Crippen LogP contribution in [0.4, 0.5) is 0 Å². The van der Waals surface area contributed by atoms with Crippen molar-refractivity contribution in [3.8, 4) is 0 Å². The number of carboxylic acids is 1. The molecule has 0 spiro atoms. The summed E-state index contributed by atoms with van der Waals surface area (Å²) >= 11 is 0.968. The number of sulfonamides is 1. The lowest BCUT2D eigenvalue weighted by Gasteiger charge is -2.36. The third-order valence-electron chi connectivity index (χ3n) is 3.28. The number of carbonyl (C=O) groups is 1. The second kappa shape index (κ2) is 4.88. The zero-order chi connectivity index (χ0) is 14.3. The van der Waals surface area contributed by atoms with Crippen molar-refractivity contribution >= 4 is 27.3 Å². The molecule has 0 bridgehead atoms. The lowest BCUT2D eigenvalue weighted by molar-refractivity contribution is 0.0697. The first-order valence-corrected chi connectivity index (χ1v) is 8.36. The van der Waals surface area contributed by atoms with Gasteiger partial charge in [-0.1, -0.05) is 13.8 Å². The van der Waals surface area contributed by atoms with E-state index in [1.807, 2.05) is 13.8 Å². The molecule has 2 heterocycles. The van der Waals surface area contributed by atoms with Crippen LogP contribution in [0, 0.1) is 5.41 Å². The fourth-order valence-corrected chi connectivity index (χ4v) is 5.24. The molecule has 0 aromatic carbocycles. The van der Waals surface area contributed by atoms with E-state index in [2.05, 4.69) is 0 Å². The number of carboxylic acid groups (broad SMARTS) is 1. The first-order valence-electron chi connectivity index (χ1n) is 6.04. The number of piperidine rings is 1. The van der Waals surface area contributed by atoms with Crippen LogP contribution in [0.2, 0.25) is 0 Å². The van der Waals surface area contributed by atoms with Gasteiger partial charge in [-0.2, -0.15) is 4.31 Å². The molecule has 106 valence electrons. The van der Waals surface area contributed by atoms with Crippen molar-refractivity contribution in [3.05, 3.63) is 17.0 Å². The summed E-state index contributed by atoms with van der Waals surface area (Å²) in [7, 11) is -3.56. The summed E-state index contributed by atoms with van der Waals surface area (Å²) in [5.41, 5.74) is -0.00192. The molecule has 2 rings (SSSR count). The summed E-state index contributed by atoms with van der Waals surface area (Å²) in [6, 6.07) is 1.24. The fourth-order valence-electron chi connectivity index (χ4n) is 2.27. The lowest BCUT2D eigenvalue weighted by atomic mass is 9.85. The SMILES string of the molecule is CC1(C)CCCN(S(=O)(=O)c2cc(C(=O)O)cs2)C1. The molecule has 1 saturated heterocycles. The van der Waals surface area contributed by atoms with Gasteiger partial charge in [0.15, 0.2) is 0 Å². The second-order valence-electron chi connectivity index (χ2n) is 5.57. The van der Waals surface area contributed by atoms with Gasteiger partial charge in [0.2, 0.25) is 0 Å². The predicted molar refractivity (Wildman–Crippen MR) is 73.1 cm³/mol. The number of nitrogens with zero attached hydrogens (tertiary/aromatic N) is 1. The van der Waals surface area contributed by atoms with E-state index in [1.54, 1.807) is 0 Å². The summed E-state index contributed by atoms with van der Waals surface area (Å²) in [4.78, 5) is 10.8. The molecule has 1 aliphatic rings. The van der Waals surface area contributed by atoms with Gasteiger partial charge in [0.1, 0.15) is 4.21 Å². The monoisotopic (exact) mass is 303 g/mol. The third kappa shape index (κ3) is 2.98. The highest BCUT2D eigenvalue weighted by Crippen LogP contribution is 2.33. The van der Waals surface area contributed by atoms with Gasteiger partial charge in [-0.3, -0.25) is 0 Å². The van der Waals surface area contributed by atoms with E-state index in [9.17, 15) is 13.2 Å². The fraction of sp³-hybridized carbons (Fsp3) is 0.583. The maximum absolute atomic E-state index is 12.5. The Labute approximate surface area is 116 Å². The van der Waals surface area contributed by atoms with Gasteiger partial charge in [-0.05, 0) is 24.3 Å². The van der Waals surface area contributed by atoms with Crippen molar-refractivity contribution in [1.29, 1.82) is 0 Å². The lowest BCUT2D eigenvalue weighted by Crippen LogP contribution is -2.43. The highest BCUT2D eigenvalue weighted by atomic mass is 32.2. The molecule has 1 N–H and O–H groups in total. The minimum Gasteiger partial charge on any atom is -0.478 e. The molecular formula is C12H17NO4S2. The number of thiophene rings is 1. The van der Waals surface area contributed by atoms with Crippen molar-refractivity contribution < 1.29 is 18.3 Å². The van der Waals surface area contributed by atoms with E-state index in [0.29, 0.717) is 13.1 Å². The van der Waals surface area contributed by atoms with Gasteiger partial charge in [-0.25, -0.2) is 13.2 Å². The Kier molecular flexibility index (Phi) is 3.72. The van der Waals surface area contributed by atoms with Crippen LogP contribution in [0.25, 0.3) is 0 Å². The van der Waals surface area contributed by atoms with Gasteiger partial charge in [0, 0.05) is 18.5 Å². The first-order chi connectivity index (χ1) is 8.72. The molecule has 0 radical (unpaired) electrons. The largest absolute Gasteiger partial charge is 0.478 e. The minimum absolute atomic E-state index is 0.0276. The van der Waals surface area contributed by atoms with Crippen LogP contribution in [0.3, 0.4) is 0 Å². The molecule has 0 unspecified atom stereocenters. The summed E-state index contributed by atoms with van der Waals surface area (Å²) in [5.74, 6) is -1.10. The average Bonchev–Trinajstić information content (AvgIpc) is 2.77. The molecule has 1 aliphatic heterocycles. The molecule has 0 saturated carbocycles. The van der Waals surface area contributed by atoms with Gasteiger partial charge >= 0.3 is 5.97 Å². The van der Waals surface area contributed by atoms with Crippen LogP contribution in [0.5, 0.6) is 0 Å². The van der Waals surface area contributed by atoms with Crippen molar-refractivity contribution in [2.75, 3.05) is 13.1 Å². The summed E-state index contributed by atoms with van der Waals surface area (Å²) in [5, 5.41) is 10.2. The normalized spacial score (nSPS) is 20.3. The molecular weight excluding hydrogens is 286 g/mol. The molecule has 7 heteroatoms. The maximum Gasteiger partial charge on any atom is 0.336 e. The van der Waals surface area contributed by atoms with E-state index in [1.165, 1.54) is 15.8 Å². The van der Waals surface area contributed by atoms with Crippen molar-refractivity contribution in [3.63, 3.8) is 0 Å². The molecule has 5 nitrogen and oxygen atoms in total. The first kappa shape index (κ1) is 14.5. The summed E-state index contributed by atoms with van der Waals surface area (Å²) < 4.78 is 26.5. The number of hydrogen-bond donors (Lipinski definition) is 1. The van der Waals surface area contributed by atoms with Crippen LogP contribution in [-0.2, 0) is 10.0 Å². The van der Waals surface area contributed by atoms with Crippen LogP contribution in [-0.4, -0.2) is 36.9 Å². The van der Waals surface area contributed by atoms with E-state index in [4.69, 9.17) is 5.11 Å². The van der Waals surface area contributed by atoms with Crippen LogP contribution >= 0.6 is 11.3 Å². The van der Waals surface area contributed by atoms with Gasteiger partial charge in [-0.15, -0.1) is 11.3 Å². The van der Waals surface area contributed by atoms with Gasteiger partial charge in [0.25, 0.3) is 10.0 Å². The quantitative estimate of drug-likeness (QED) is 0.929. The highest BCUT2D eigenvalue weighted by Gasteiger charge is 2.35. The predicted octanol–water partition coefficient (Wildman–Crippen LogP) is 2.26. The second-order valence-corrected chi connectivity index (χ2v) is 8.64. The zero-order valence-corrected chi connectivity index (χ0v) is 12.6. The highest BCUT2D eigenvalue weighted by molar-refractivity contribution is 7.91. The molecule has 1 aromatic rings. The Hall–Kier alpha value is -0.920. The van der Waals surface area contributed by atoms with Crippen LogP contribution in [0.1, 0.15) is 37.0 Å². The Morgan fingerprint density at radius 3 is 2.68 bits per heavy atom. The Morgan fingerprint density at radius 2 is 2.16 bits per heavy atom. The Morgan fingerprint density at radius 1 is 1.47 bits per heavy atom. The number of rotatable bonds is 3. The minimum atomic E-state index is -3.56. The van der Waals surface area contributed by atoms with Crippen LogP contribution in [0.15, 0.2) is 15.7 Å². The molecule has 0 atom stereocenters. The smallest absolute Gasteiger partial charge is 0.336 e.